The van der Waals surface area contributed by atoms with E-state index in [0.717, 1.165) is 5.56 Å². The number of nitrogens with zero attached hydrogens (tertiary/aromatic N) is 2. The van der Waals surface area contributed by atoms with Crippen LogP contribution in [-0.4, -0.2) is 49.6 Å². The number of phenolic OH excluding ortho intramolecular Hbond substituents is 1. The number of phenols is 1. The third-order valence-electron chi connectivity index (χ3n) is 5.16. The Hall–Kier alpha value is -2.91. The van der Waals surface area contributed by atoms with Gasteiger partial charge in [-0.05, 0) is 62.6 Å². The molecule has 2 aromatic carbocycles. The van der Waals surface area contributed by atoms with Gasteiger partial charge in [0.05, 0.1) is 17.7 Å². The molecule has 0 spiro atoms. The van der Waals surface area contributed by atoms with Crippen LogP contribution in [0.25, 0.3) is 0 Å². The Kier molecular flexibility index (Phi) is 7.29. The van der Waals surface area contributed by atoms with E-state index in [4.69, 9.17) is 4.74 Å². The van der Waals surface area contributed by atoms with Gasteiger partial charge in [-0.2, -0.15) is 9.41 Å². The maximum Gasteiger partial charge on any atom is 0.243 e. The number of hydrogen-bond acceptors (Lipinski definition) is 6. The van der Waals surface area contributed by atoms with Crippen LogP contribution in [0, 0.1) is 12.8 Å². The summed E-state index contributed by atoms with van der Waals surface area (Å²) in [4.78, 5) is 12.7. The lowest BCUT2D eigenvalue weighted by molar-refractivity contribution is -0.126. The van der Waals surface area contributed by atoms with E-state index in [1.165, 1.54) is 16.6 Å². The lowest BCUT2D eigenvalue weighted by Gasteiger charge is -2.30. The first kappa shape index (κ1) is 22.8. The average molecular weight is 446 g/mol. The number of sulfonamides is 1. The van der Waals surface area contributed by atoms with Gasteiger partial charge >= 0.3 is 0 Å². The highest BCUT2D eigenvalue weighted by Gasteiger charge is 2.32. The van der Waals surface area contributed by atoms with E-state index >= 15 is 0 Å². The lowest BCUT2D eigenvalue weighted by Crippen LogP contribution is -2.42. The van der Waals surface area contributed by atoms with Crippen LogP contribution in [0.1, 0.15) is 30.9 Å². The molecule has 0 atom stereocenters. The smallest absolute Gasteiger partial charge is 0.243 e. The van der Waals surface area contributed by atoms with Crippen LogP contribution in [0.15, 0.2) is 52.5 Å². The van der Waals surface area contributed by atoms with Crippen LogP contribution in [0.3, 0.4) is 0 Å². The van der Waals surface area contributed by atoms with Crippen molar-refractivity contribution in [2.45, 2.75) is 31.6 Å². The summed E-state index contributed by atoms with van der Waals surface area (Å²) < 4.78 is 32.3. The van der Waals surface area contributed by atoms with Crippen molar-refractivity contribution in [1.29, 1.82) is 0 Å². The van der Waals surface area contributed by atoms with Gasteiger partial charge in [-0.1, -0.05) is 17.7 Å². The van der Waals surface area contributed by atoms with Crippen LogP contribution in [0.5, 0.6) is 11.5 Å². The zero-order valence-electron chi connectivity index (χ0n) is 17.6. The first-order valence-electron chi connectivity index (χ1n) is 10.2. The highest BCUT2D eigenvalue weighted by molar-refractivity contribution is 7.89. The minimum atomic E-state index is -3.55. The Balaban J connectivity index is 1.54. The molecule has 1 heterocycles. The maximum absolute atomic E-state index is 12.8. The van der Waals surface area contributed by atoms with Crippen LogP contribution in [0.2, 0.25) is 0 Å². The summed E-state index contributed by atoms with van der Waals surface area (Å²) in [7, 11) is -3.55. The van der Waals surface area contributed by atoms with Crippen molar-refractivity contribution in [3.63, 3.8) is 0 Å². The third kappa shape index (κ3) is 5.62. The van der Waals surface area contributed by atoms with Gasteiger partial charge in [0.25, 0.3) is 0 Å². The third-order valence-corrected chi connectivity index (χ3v) is 7.07. The lowest BCUT2D eigenvalue weighted by atomic mass is 9.98. The van der Waals surface area contributed by atoms with Gasteiger partial charge in [-0.3, -0.25) is 4.79 Å². The molecule has 31 heavy (non-hydrogen) atoms. The molecule has 0 saturated carbocycles. The Morgan fingerprint density at radius 1 is 1.23 bits per heavy atom. The zero-order chi connectivity index (χ0) is 22.4. The molecule has 1 fully saturated rings. The second kappa shape index (κ2) is 9.93. The fourth-order valence-electron chi connectivity index (χ4n) is 3.36. The van der Waals surface area contributed by atoms with Crippen LogP contribution in [-0.2, 0) is 14.8 Å². The molecule has 1 aliphatic heterocycles. The van der Waals surface area contributed by atoms with Crippen molar-refractivity contribution in [2.24, 2.45) is 11.0 Å². The zero-order valence-corrected chi connectivity index (χ0v) is 18.4. The number of amides is 1. The van der Waals surface area contributed by atoms with E-state index < -0.39 is 10.0 Å². The van der Waals surface area contributed by atoms with Gasteiger partial charge in [0.15, 0.2) is 11.5 Å². The minimum Gasteiger partial charge on any atom is -0.504 e. The number of rotatable bonds is 7. The molecule has 0 bridgehead atoms. The number of aryl methyl sites for hydroxylation is 1. The van der Waals surface area contributed by atoms with E-state index in [9.17, 15) is 18.3 Å². The van der Waals surface area contributed by atoms with Gasteiger partial charge < -0.3 is 9.84 Å². The van der Waals surface area contributed by atoms with E-state index in [1.54, 1.807) is 36.4 Å². The van der Waals surface area contributed by atoms with Gasteiger partial charge in [0.1, 0.15) is 0 Å². The van der Waals surface area contributed by atoms with Gasteiger partial charge in [0, 0.05) is 19.0 Å². The predicted octanol–water partition coefficient (Wildman–Crippen LogP) is 2.65. The summed E-state index contributed by atoms with van der Waals surface area (Å²) >= 11 is 0. The molecule has 1 aliphatic rings. The number of nitrogens with one attached hydrogen (secondary N) is 1. The van der Waals surface area contributed by atoms with Crippen molar-refractivity contribution in [2.75, 3.05) is 19.7 Å². The molecule has 0 radical (unpaired) electrons. The number of hydrogen-bond donors (Lipinski definition) is 2. The largest absolute Gasteiger partial charge is 0.504 e. The fourth-order valence-corrected chi connectivity index (χ4v) is 4.83. The van der Waals surface area contributed by atoms with Gasteiger partial charge in [-0.25, -0.2) is 13.8 Å². The summed E-state index contributed by atoms with van der Waals surface area (Å²) in [6.07, 6.45) is 2.33. The Morgan fingerprint density at radius 3 is 2.55 bits per heavy atom. The van der Waals surface area contributed by atoms with Gasteiger partial charge in [-0.15, -0.1) is 0 Å². The van der Waals surface area contributed by atoms with Crippen LogP contribution < -0.4 is 10.2 Å². The molecule has 1 saturated heterocycles. The predicted molar refractivity (Wildman–Crippen MR) is 118 cm³/mol. The molecule has 1 amide bonds. The van der Waals surface area contributed by atoms with E-state index in [2.05, 4.69) is 10.5 Å². The van der Waals surface area contributed by atoms with Crippen molar-refractivity contribution < 1.29 is 23.1 Å². The SMILES string of the molecule is CCOc1cc(/C=N\NC(=O)C2CCN(S(=O)(=O)c3ccc(C)cc3)CC2)ccc1O. The van der Waals surface area contributed by atoms with Crippen LogP contribution in [0.4, 0.5) is 0 Å². The maximum atomic E-state index is 12.8. The van der Waals surface area contributed by atoms with Crippen molar-refractivity contribution in [1.82, 2.24) is 9.73 Å². The number of hydrazone groups is 1. The number of benzene rings is 2. The Labute approximate surface area is 182 Å². The number of piperidine rings is 1. The highest BCUT2D eigenvalue weighted by atomic mass is 32.2. The first-order chi connectivity index (χ1) is 14.8. The van der Waals surface area contributed by atoms with Gasteiger partial charge in [0.2, 0.25) is 15.9 Å². The Morgan fingerprint density at radius 2 is 1.90 bits per heavy atom. The van der Waals surface area contributed by atoms with E-state index in [0.29, 0.717) is 30.8 Å². The Bertz CT molecular complexity index is 1040. The van der Waals surface area contributed by atoms with Crippen molar-refractivity contribution in [3.05, 3.63) is 53.6 Å². The minimum absolute atomic E-state index is 0.0374. The number of ether oxygens (including phenoxy) is 1. The second-order valence-corrected chi connectivity index (χ2v) is 9.32. The van der Waals surface area contributed by atoms with Crippen LogP contribution >= 0.6 is 0 Å². The second-order valence-electron chi connectivity index (χ2n) is 7.39. The molecular formula is C22H27N3O5S. The summed E-state index contributed by atoms with van der Waals surface area (Å²) in [6, 6.07) is 11.5. The first-order valence-corrected chi connectivity index (χ1v) is 11.6. The molecule has 3 rings (SSSR count). The van der Waals surface area contributed by atoms with Crippen molar-refractivity contribution >= 4 is 22.1 Å². The molecule has 166 valence electrons. The normalized spacial score (nSPS) is 15.8. The molecular weight excluding hydrogens is 418 g/mol. The molecule has 0 unspecified atom stereocenters. The molecule has 0 aromatic heterocycles. The molecule has 8 nitrogen and oxygen atoms in total. The highest BCUT2D eigenvalue weighted by Crippen LogP contribution is 2.26. The summed E-state index contributed by atoms with van der Waals surface area (Å²) in [5.74, 6) is -0.164. The summed E-state index contributed by atoms with van der Waals surface area (Å²) in [6.45, 7) is 4.71. The van der Waals surface area contributed by atoms with E-state index in [-0.39, 0.29) is 35.6 Å². The van der Waals surface area contributed by atoms with Crippen molar-refractivity contribution in [3.8, 4) is 11.5 Å². The molecule has 9 heteroatoms. The number of carbonyl (C=O) groups excluding carboxylic acids is 1. The molecule has 2 aromatic rings. The fraction of sp³-hybridized carbons (Fsp3) is 0.364. The summed E-state index contributed by atoms with van der Waals surface area (Å²) in [5, 5.41) is 13.7. The number of carbonyl (C=O) groups is 1. The standard InChI is InChI=1S/C22H27N3O5S/c1-3-30-21-14-17(6-9-20(21)26)15-23-24-22(27)18-10-12-25(13-11-18)31(28,29)19-7-4-16(2)5-8-19/h4-9,14-15,18,26H,3,10-13H2,1-2H3,(H,24,27)/b23-15-. The summed E-state index contributed by atoms with van der Waals surface area (Å²) in [5.41, 5.74) is 4.18. The van der Waals surface area contributed by atoms with E-state index in [1.807, 2.05) is 13.8 Å². The quantitative estimate of drug-likeness (QED) is 0.503. The average Bonchev–Trinajstić information content (AvgIpc) is 2.76. The monoisotopic (exact) mass is 445 g/mol. The molecule has 0 aliphatic carbocycles. The molecule has 2 N–H and O–H groups in total. The topological polar surface area (TPSA) is 108 Å². The number of aromatic hydroxyl groups is 1.